The Morgan fingerprint density at radius 2 is 2.25 bits per heavy atom. The van der Waals surface area contributed by atoms with Crippen LogP contribution in [0.2, 0.25) is 0 Å². The van der Waals surface area contributed by atoms with E-state index < -0.39 is 0 Å². The molecule has 0 aromatic carbocycles. The number of aliphatic hydroxyl groups excluding tert-OH is 1. The van der Waals surface area contributed by atoms with Crippen LogP contribution in [0.4, 0.5) is 0 Å². The van der Waals surface area contributed by atoms with Gasteiger partial charge in [-0.05, 0) is 23.3 Å². The van der Waals surface area contributed by atoms with Crippen molar-refractivity contribution in [2.45, 2.75) is 20.3 Å². The molecule has 2 heterocycles. The van der Waals surface area contributed by atoms with Crippen LogP contribution in [0.3, 0.4) is 0 Å². The number of thiazole rings is 1. The monoisotopic (exact) mass is 310 g/mol. The smallest absolute Gasteiger partial charge is 0.270 e. The van der Waals surface area contributed by atoms with Gasteiger partial charge < -0.3 is 10.4 Å². The first kappa shape index (κ1) is 15.2. The molecule has 2 aromatic heterocycles. The molecule has 0 saturated carbocycles. The molecule has 0 unspecified atom stereocenters. The van der Waals surface area contributed by atoms with Crippen LogP contribution in [0.5, 0.6) is 0 Å². The Hall–Kier alpha value is -1.24. The van der Waals surface area contributed by atoms with Crippen LogP contribution in [-0.2, 0) is 0 Å². The lowest BCUT2D eigenvalue weighted by Gasteiger charge is -2.23. The highest BCUT2D eigenvalue weighted by molar-refractivity contribution is 7.14. The highest BCUT2D eigenvalue weighted by Crippen LogP contribution is 2.25. The number of nitrogens with zero attached hydrogens (tertiary/aromatic N) is 1. The molecule has 2 rings (SSSR count). The summed E-state index contributed by atoms with van der Waals surface area (Å²) >= 11 is 3.09. The van der Waals surface area contributed by atoms with E-state index in [9.17, 15) is 4.79 Å². The van der Waals surface area contributed by atoms with Crippen LogP contribution in [-0.4, -0.2) is 29.1 Å². The Balaban J connectivity index is 1.97. The fourth-order valence-corrected chi connectivity index (χ4v) is 3.21. The predicted octanol–water partition coefficient (Wildman–Crippen LogP) is 3.01. The number of hydrogen-bond donors (Lipinski definition) is 2. The number of carbonyl (C=O) groups excluding carboxylic acids is 1. The average Bonchev–Trinajstić information content (AvgIpc) is 3.06. The Labute approximate surface area is 126 Å². The number of amides is 1. The first-order valence-corrected chi connectivity index (χ1v) is 8.21. The summed E-state index contributed by atoms with van der Waals surface area (Å²) < 4.78 is 0. The lowest BCUT2D eigenvalue weighted by molar-refractivity contribution is 0.0924. The van der Waals surface area contributed by atoms with Crippen molar-refractivity contribution in [3.63, 3.8) is 0 Å². The predicted molar refractivity (Wildman–Crippen MR) is 83.2 cm³/mol. The van der Waals surface area contributed by atoms with Crippen molar-refractivity contribution in [1.82, 2.24) is 10.3 Å². The normalized spacial score (nSPS) is 11.6. The summed E-state index contributed by atoms with van der Waals surface area (Å²) in [4.78, 5) is 16.4. The third kappa shape index (κ3) is 3.88. The summed E-state index contributed by atoms with van der Waals surface area (Å²) in [7, 11) is 0. The van der Waals surface area contributed by atoms with Gasteiger partial charge in [0.2, 0.25) is 0 Å². The molecule has 0 saturated heterocycles. The Kier molecular flexibility index (Phi) is 4.91. The van der Waals surface area contributed by atoms with E-state index in [-0.39, 0.29) is 17.9 Å². The van der Waals surface area contributed by atoms with Gasteiger partial charge in [0.05, 0.1) is 0 Å². The summed E-state index contributed by atoms with van der Waals surface area (Å²) in [6.45, 7) is 4.68. The highest BCUT2D eigenvalue weighted by Gasteiger charge is 2.19. The first-order valence-electron chi connectivity index (χ1n) is 6.39. The number of hydrogen-bond acceptors (Lipinski definition) is 5. The van der Waals surface area contributed by atoms with Gasteiger partial charge in [-0.3, -0.25) is 4.79 Å². The molecule has 1 amide bonds. The van der Waals surface area contributed by atoms with Crippen molar-refractivity contribution in [2.24, 2.45) is 5.41 Å². The van der Waals surface area contributed by atoms with Crippen LogP contribution in [0, 0.1) is 5.41 Å². The average molecular weight is 310 g/mol. The number of aliphatic hydroxyl groups is 1. The summed E-state index contributed by atoms with van der Waals surface area (Å²) in [6.07, 6.45) is 0.657. The zero-order valence-electron chi connectivity index (χ0n) is 11.5. The van der Waals surface area contributed by atoms with Crippen molar-refractivity contribution in [1.29, 1.82) is 0 Å². The van der Waals surface area contributed by atoms with E-state index in [0.29, 0.717) is 18.7 Å². The number of aromatic nitrogens is 1. The van der Waals surface area contributed by atoms with E-state index >= 15 is 0 Å². The molecule has 0 aliphatic heterocycles. The molecule has 0 spiro atoms. The second-order valence-electron chi connectivity index (χ2n) is 5.37. The number of thiophene rings is 1. The number of rotatable bonds is 6. The molecule has 0 atom stereocenters. The van der Waals surface area contributed by atoms with Crippen LogP contribution in [0.25, 0.3) is 10.6 Å². The van der Waals surface area contributed by atoms with Gasteiger partial charge in [0.1, 0.15) is 10.7 Å². The van der Waals surface area contributed by atoms with Crippen molar-refractivity contribution < 1.29 is 9.90 Å². The molecule has 2 aromatic rings. The summed E-state index contributed by atoms with van der Waals surface area (Å²) in [5, 5.41) is 18.5. The molecule has 6 heteroatoms. The minimum absolute atomic E-state index is 0.114. The molecule has 4 nitrogen and oxygen atoms in total. The molecule has 0 aliphatic carbocycles. The second kappa shape index (κ2) is 6.47. The highest BCUT2D eigenvalue weighted by atomic mass is 32.1. The molecular weight excluding hydrogens is 292 g/mol. The van der Waals surface area contributed by atoms with Crippen molar-refractivity contribution in [2.75, 3.05) is 13.2 Å². The van der Waals surface area contributed by atoms with E-state index in [2.05, 4.69) is 10.3 Å². The topological polar surface area (TPSA) is 62.2 Å². The van der Waals surface area contributed by atoms with Crippen molar-refractivity contribution in [3.05, 3.63) is 27.9 Å². The zero-order valence-corrected chi connectivity index (χ0v) is 13.2. The number of nitrogens with one attached hydrogen (secondary N) is 1. The molecule has 0 radical (unpaired) electrons. The minimum atomic E-state index is -0.159. The molecule has 0 aliphatic rings. The third-order valence-corrected chi connectivity index (χ3v) is 4.60. The summed E-state index contributed by atoms with van der Waals surface area (Å²) in [5.74, 6) is -0.159. The van der Waals surface area contributed by atoms with Crippen molar-refractivity contribution in [3.8, 4) is 10.6 Å². The van der Waals surface area contributed by atoms with Crippen LogP contribution < -0.4 is 5.32 Å². The van der Waals surface area contributed by atoms with Crippen LogP contribution >= 0.6 is 22.7 Å². The van der Waals surface area contributed by atoms with Gasteiger partial charge in [0.25, 0.3) is 5.91 Å². The first-order chi connectivity index (χ1) is 9.52. The lowest BCUT2D eigenvalue weighted by atomic mass is 9.90. The van der Waals surface area contributed by atoms with Gasteiger partial charge in [-0.1, -0.05) is 13.8 Å². The van der Waals surface area contributed by atoms with E-state index in [1.54, 1.807) is 16.7 Å². The zero-order chi connectivity index (χ0) is 14.6. The molecule has 20 heavy (non-hydrogen) atoms. The maximum atomic E-state index is 12.1. The second-order valence-corrected chi connectivity index (χ2v) is 7.01. The quantitative estimate of drug-likeness (QED) is 0.862. The molecule has 0 bridgehead atoms. The van der Waals surface area contributed by atoms with Gasteiger partial charge in [-0.2, -0.15) is 11.3 Å². The largest absolute Gasteiger partial charge is 0.396 e. The Morgan fingerprint density at radius 3 is 2.90 bits per heavy atom. The summed E-state index contributed by atoms with van der Waals surface area (Å²) in [5.41, 5.74) is 1.40. The lowest BCUT2D eigenvalue weighted by Crippen LogP contribution is -2.34. The number of carbonyl (C=O) groups is 1. The molecule has 108 valence electrons. The van der Waals surface area contributed by atoms with Crippen LogP contribution in [0.1, 0.15) is 30.8 Å². The maximum Gasteiger partial charge on any atom is 0.270 e. The van der Waals surface area contributed by atoms with E-state index in [1.165, 1.54) is 11.3 Å². The minimum Gasteiger partial charge on any atom is -0.396 e. The van der Waals surface area contributed by atoms with Gasteiger partial charge in [0, 0.05) is 29.5 Å². The van der Waals surface area contributed by atoms with Crippen molar-refractivity contribution >= 4 is 28.6 Å². The molecule has 2 N–H and O–H groups in total. The van der Waals surface area contributed by atoms with Gasteiger partial charge in [0.15, 0.2) is 0 Å². The van der Waals surface area contributed by atoms with E-state index in [0.717, 1.165) is 10.6 Å². The van der Waals surface area contributed by atoms with E-state index in [4.69, 9.17) is 5.11 Å². The Bertz CT molecular complexity index is 562. The van der Waals surface area contributed by atoms with Crippen LogP contribution in [0.15, 0.2) is 22.2 Å². The van der Waals surface area contributed by atoms with Gasteiger partial charge in [-0.25, -0.2) is 4.98 Å². The Morgan fingerprint density at radius 1 is 1.45 bits per heavy atom. The standard InChI is InChI=1S/C14H18N2O2S2/c1-14(2,4-5-17)9-15-12(18)11-8-20-13(16-11)10-3-6-19-7-10/h3,6-8,17H,4-5,9H2,1-2H3,(H,15,18). The molecular formula is C14H18N2O2S2. The van der Waals surface area contributed by atoms with Gasteiger partial charge in [-0.15, -0.1) is 11.3 Å². The fourth-order valence-electron chi connectivity index (χ4n) is 1.70. The SMILES string of the molecule is CC(C)(CCO)CNC(=O)c1csc(-c2ccsc2)n1. The van der Waals surface area contributed by atoms with E-state index in [1.807, 2.05) is 30.7 Å². The maximum absolute atomic E-state index is 12.1. The third-order valence-electron chi connectivity index (χ3n) is 3.02. The molecule has 0 fully saturated rings. The van der Waals surface area contributed by atoms with Gasteiger partial charge >= 0.3 is 0 Å². The summed E-state index contributed by atoms with van der Waals surface area (Å²) in [6, 6.07) is 2.00. The fraction of sp³-hybridized carbons (Fsp3) is 0.429.